The van der Waals surface area contributed by atoms with Crippen molar-refractivity contribution in [2.75, 3.05) is 60.4 Å². The quantitative estimate of drug-likeness (QED) is 0.668. The normalized spacial score (nSPS) is 20.2. The number of hydrogen-bond acceptors (Lipinski definition) is 4. The zero-order chi connectivity index (χ0) is 17.5. The Morgan fingerprint density at radius 1 is 1.04 bits per heavy atom. The van der Waals surface area contributed by atoms with E-state index in [0.717, 1.165) is 58.4 Å². The Morgan fingerprint density at radius 2 is 1.67 bits per heavy atom. The Balaban J connectivity index is 1.72. The number of nitrogens with zero attached hydrogens (tertiary/aromatic N) is 4. The number of carbonyl (C=O) groups is 2. The Bertz CT molecular complexity index is 450. The summed E-state index contributed by atoms with van der Waals surface area (Å²) in [6.45, 7) is 4.94. The lowest BCUT2D eigenvalue weighted by molar-refractivity contribution is -0.133. The van der Waals surface area contributed by atoms with Crippen molar-refractivity contribution in [3.05, 3.63) is 12.2 Å². The zero-order valence-electron chi connectivity index (χ0n) is 15.4. The van der Waals surface area contributed by atoms with E-state index in [-0.39, 0.29) is 17.9 Å². The number of likely N-dealkylation sites (N-methyl/N-ethyl adjacent to an activating group) is 2. The van der Waals surface area contributed by atoms with Crippen LogP contribution < -0.4 is 0 Å². The molecule has 0 saturated carbocycles. The lowest BCUT2D eigenvalue weighted by Crippen LogP contribution is -2.48. The van der Waals surface area contributed by atoms with E-state index >= 15 is 0 Å². The van der Waals surface area contributed by atoms with Crippen molar-refractivity contribution in [3.8, 4) is 0 Å². The number of likely N-dealkylation sites (tertiary alicyclic amines) is 2. The molecule has 0 atom stereocenters. The third kappa shape index (κ3) is 5.60. The van der Waals surface area contributed by atoms with E-state index in [4.69, 9.17) is 0 Å². The van der Waals surface area contributed by atoms with Crippen LogP contribution in [0.2, 0.25) is 0 Å². The number of piperidine rings is 1. The van der Waals surface area contributed by atoms with Gasteiger partial charge >= 0.3 is 0 Å². The molecular formula is C18H32N4O2. The highest BCUT2D eigenvalue weighted by atomic mass is 16.2. The van der Waals surface area contributed by atoms with Crippen LogP contribution in [-0.4, -0.2) is 97.9 Å². The predicted molar refractivity (Wildman–Crippen MR) is 95.7 cm³/mol. The Kier molecular flexibility index (Phi) is 7.24. The maximum absolute atomic E-state index is 12.2. The highest BCUT2D eigenvalue weighted by molar-refractivity contribution is 5.87. The third-order valence-electron chi connectivity index (χ3n) is 5.00. The number of rotatable bonds is 6. The predicted octanol–water partition coefficient (Wildman–Crippen LogP) is 0.649. The van der Waals surface area contributed by atoms with Gasteiger partial charge in [0.2, 0.25) is 11.8 Å². The molecule has 0 aromatic carbocycles. The van der Waals surface area contributed by atoms with E-state index in [9.17, 15) is 9.59 Å². The first-order chi connectivity index (χ1) is 11.5. The topological polar surface area (TPSA) is 47.1 Å². The maximum atomic E-state index is 12.2. The molecule has 0 aromatic rings. The van der Waals surface area contributed by atoms with Crippen molar-refractivity contribution in [3.63, 3.8) is 0 Å². The molecule has 2 saturated heterocycles. The summed E-state index contributed by atoms with van der Waals surface area (Å²) in [5.41, 5.74) is 0. The molecule has 0 radical (unpaired) electrons. The van der Waals surface area contributed by atoms with Crippen LogP contribution >= 0.6 is 0 Å². The van der Waals surface area contributed by atoms with E-state index in [1.54, 1.807) is 6.08 Å². The van der Waals surface area contributed by atoms with Gasteiger partial charge in [-0.2, -0.15) is 0 Å². The zero-order valence-corrected chi connectivity index (χ0v) is 15.4. The van der Waals surface area contributed by atoms with Crippen LogP contribution in [0.5, 0.6) is 0 Å². The van der Waals surface area contributed by atoms with Crippen molar-refractivity contribution < 1.29 is 9.59 Å². The molecule has 136 valence electrons. The van der Waals surface area contributed by atoms with Gasteiger partial charge < -0.3 is 14.7 Å². The number of amides is 2. The fraction of sp³-hybridized carbons (Fsp3) is 0.778. The molecule has 0 bridgehead atoms. The summed E-state index contributed by atoms with van der Waals surface area (Å²) in [5.74, 6) is 0.338. The average molecular weight is 336 g/mol. The van der Waals surface area contributed by atoms with Gasteiger partial charge in [0.1, 0.15) is 0 Å². The lowest BCUT2D eigenvalue weighted by atomic mass is 10.0. The number of hydrogen-bond donors (Lipinski definition) is 0. The SMILES string of the molecule is CN(C)C/C=C/C(=O)N(C)C1CCN(CC(=O)N2CCCC2)CC1. The van der Waals surface area contributed by atoms with Crippen molar-refractivity contribution in [2.24, 2.45) is 0 Å². The summed E-state index contributed by atoms with van der Waals surface area (Å²) in [4.78, 5) is 32.5. The molecule has 2 aliphatic rings. The summed E-state index contributed by atoms with van der Waals surface area (Å²) >= 11 is 0. The molecule has 2 rings (SSSR count). The van der Waals surface area contributed by atoms with Crippen LogP contribution in [0.3, 0.4) is 0 Å². The average Bonchev–Trinajstić information content (AvgIpc) is 3.09. The standard InChI is InChI=1S/C18H32N4O2/c1-19(2)10-6-7-17(23)20(3)16-8-13-21(14-9-16)15-18(24)22-11-4-5-12-22/h6-7,16H,4-5,8-15H2,1-3H3/b7-6+. The van der Waals surface area contributed by atoms with Crippen LogP contribution in [0.15, 0.2) is 12.2 Å². The van der Waals surface area contributed by atoms with Gasteiger partial charge in [-0.1, -0.05) is 6.08 Å². The molecule has 0 aliphatic carbocycles. The van der Waals surface area contributed by atoms with Crippen LogP contribution in [0.25, 0.3) is 0 Å². The second kappa shape index (κ2) is 9.18. The van der Waals surface area contributed by atoms with Crippen molar-refractivity contribution >= 4 is 11.8 Å². The first-order valence-electron chi connectivity index (χ1n) is 9.05. The second-order valence-electron chi connectivity index (χ2n) is 7.21. The Hall–Kier alpha value is -1.40. The van der Waals surface area contributed by atoms with Crippen LogP contribution in [-0.2, 0) is 9.59 Å². The maximum Gasteiger partial charge on any atom is 0.246 e. The van der Waals surface area contributed by atoms with Crippen LogP contribution in [0.1, 0.15) is 25.7 Å². The van der Waals surface area contributed by atoms with E-state index in [1.165, 1.54) is 0 Å². The van der Waals surface area contributed by atoms with Gasteiger partial charge in [-0.05, 0) is 39.8 Å². The Morgan fingerprint density at radius 3 is 2.25 bits per heavy atom. The molecule has 0 unspecified atom stereocenters. The van der Waals surface area contributed by atoms with Gasteiger partial charge in [0, 0.05) is 51.9 Å². The van der Waals surface area contributed by atoms with Gasteiger partial charge in [-0.3, -0.25) is 14.5 Å². The molecule has 2 fully saturated rings. The second-order valence-corrected chi connectivity index (χ2v) is 7.21. The molecule has 24 heavy (non-hydrogen) atoms. The first kappa shape index (κ1) is 18.9. The highest BCUT2D eigenvalue weighted by Gasteiger charge is 2.27. The summed E-state index contributed by atoms with van der Waals surface area (Å²) < 4.78 is 0. The van der Waals surface area contributed by atoms with E-state index in [2.05, 4.69) is 4.90 Å². The minimum Gasteiger partial charge on any atom is -0.342 e. The summed E-state index contributed by atoms with van der Waals surface area (Å²) in [6.07, 6.45) is 7.74. The highest BCUT2D eigenvalue weighted by Crippen LogP contribution is 2.16. The van der Waals surface area contributed by atoms with Gasteiger partial charge in [0.25, 0.3) is 0 Å². The minimum atomic E-state index is 0.0726. The van der Waals surface area contributed by atoms with E-state index < -0.39 is 0 Å². The number of carbonyl (C=O) groups excluding carboxylic acids is 2. The van der Waals surface area contributed by atoms with E-state index in [0.29, 0.717) is 6.54 Å². The summed E-state index contributed by atoms with van der Waals surface area (Å²) in [5, 5.41) is 0. The molecule has 6 nitrogen and oxygen atoms in total. The monoisotopic (exact) mass is 336 g/mol. The summed E-state index contributed by atoms with van der Waals surface area (Å²) in [7, 11) is 5.85. The molecule has 0 spiro atoms. The molecule has 2 heterocycles. The first-order valence-corrected chi connectivity index (χ1v) is 9.05. The third-order valence-corrected chi connectivity index (χ3v) is 5.00. The van der Waals surface area contributed by atoms with Crippen molar-refractivity contribution in [1.29, 1.82) is 0 Å². The fourth-order valence-electron chi connectivity index (χ4n) is 3.38. The van der Waals surface area contributed by atoms with Gasteiger partial charge in [0.05, 0.1) is 6.54 Å². The lowest BCUT2D eigenvalue weighted by Gasteiger charge is -2.36. The fourth-order valence-corrected chi connectivity index (χ4v) is 3.38. The van der Waals surface area contributed by atoms with Gasteiger partial charge in [-0.15, -0.1) is 0 Å². The molecule has 0 aromatic heterocycles. The van der Waals surface area contributed by atoms with Crippen molar-refractivity contribution in [2.45, 2.75) is 31.7 Å². The van der Waals surface area contributed by atoms with Crippen molar-refractivity contribution in [1.82, 2.24) is 19.6 Å². The largest absolute Gasteiger partial charge is 0.342 e. The molecule has 2 amide bonds. The van der Waals surface area contributed by atoms with Gasteiger partial charge in [-0.25, -0.2) is 0 Å². The molecular weight excluding hydrogens is 304 g/mol. The Labute approximate surface area is 146 Å². The van der Waals surface area contributed by atoms with Gasteiger partial charge in [0.15, 0.2) is 0 Å². The smallest absolute Gasteiger partial charge is 0.246 e. The molecule has 6 heteroatoms. The minimum absolute atomic E-state index is 0.0726. The summed E-state index contributed by atoms with van der Waals surface area (Å²) in [6, 6.07) is 0.277. The molecule has 2 aliphatic heterocycles. The molecule has 0 N–H and O–H groups in total. The van der Waals surface area contributed by atoms with E-state index in [1.807, 2.05) is 41.9 Å². The van der Waals surface area contributed by atoms with Crippen LogP contribution in [0.4, 0.5) is 0 Å². The van der Waals surface area contributed by atoms with Crippen LogP contribution in [0, 0.1) is 0 Å².